The topological polar surface area (TPSA) is 88.0 Å². The van der Waals surface area contributed by atoms with Gasteiger partial charge in [-0.3, -0.25) is 9.78 Å². The van der Waals surface area contributed by atoms with Gasteiger partial charge in [-0.2, -0.15) is 5.10 Å². The Morgan fingerprint density at radius 2 is 1.95 bits per heavy atom. The monoisotopic (exact) mass is 261 g/mol. The average molecular weight is 261 g/mol. The molecular formula is C13H15N3O3. The fourth-order valence-corrected chi connectivity index (χ4v) is 1.73. The molecule has 2 rings (SSSR count). The first-order valence-electron chi connectivity index (χ1n) is 5.97. The van der Waals surface area contributed by atoms with Gasteiger partial charge in [-0.25, -0.2) is 9.48 Å². The van der Waals surface area contributed by atoms with Crippen molar-refractivity contribution in [3.63, 3.8) is 0 Å². The van der Waals surface area contributed by atoms with Crippen molar-refractivity contribution in [2.45, 2.75) is 19.9 Å². The average Bonchev–Trinajstić information content (AvgIpc) is 2.38. The number of benzene rings is 1. The molecule has 2 aromatic rings. The Morgan fingerprint density at radius 3 is 2.58 bits per heavy atom. The van der Waals surface area contributed by atoms with Gasteiger partial charge < -0.3 is 5.11 Å². The normalized spacial score (nSPS) is 10.6. The molecule has 19 heavy (non-hydrogen) atoms. The smallest absolute Gasteiger partial charge is 0.344 e. The van der Waals surface area contributed by atoms with E-state index < -0.39 is 11.2 Å². The van der Waals surface area contributed by atoms with E-state index in [0.717, 1.165) is 15.8 Å². The Kier molecular flexibility index (Phi) is 3.91. The van der Waals surface area contributed by atoms with Crippen LogP contribution < -0.4 is 11.2 Å². The van der Waals surface area contributed by atoms with Gasteiger partial charge in [0.2, 0.25) is 0 Å². The summed E-state index contributed by atoms with van der Waals surface area (Å²) in [5, 5.41) is 12.8. The number of rotatable bonds is 4. The second kappa shape index (κ2) is 5.62. The lowest BCUT2D eigenvalue weighted by Crippen LogP contribution is -2.35. The zero-order valence-electron chi connectivity index (χ0n) is 10.6. The van der Waals surface area contributed by atoms with E-state index in [0.29, 0.717) is 6.42 Å². The predicted octanol–water partition coefficient (Wildman–Crippen LogP) is -0.177. The summed E-state index contributed by atoms with van der Waals surface area (Å²) >= 11 is 0. The molecule has 6 heteroatoms. The van der Waals surface area contributed by atoms with Crippen LogP contribution in [-0.2, 0) is 13.0 Å². The number of aliphatic hydroxyl groups excluding tert-OH is 1. The molecular weight excluding hydrogens is 246 g/mol. The fraction of sp³-hybridized carbons (Fsp3) is 0.308. The number of hydrogen-bond acceptors (Lipinski definition) is 4. The lowest BCUT2D eigenvalue weighted by Gasteiger charge is -2.05. The van der Waals surface area contributed by atoms with Gasteiger partial charge in [-0.05, 0) is 12.5 Å². The molecule has 2 N–H and O–H groups in total. The summed E-state index contributed by atoms with van der Waals surface area (Å²) in [4.78, 5) is 25.3. The maximum atomic E-state index is 11.7. The largest absolute Gasteiger partial charge is 0.394 e. The van der Waals surface area contributed by atoms with Crippen LogP contribution in [0.25, 0.3) is 0 Å². The maximum Gasteiger partial charge on any atom is 0.344 e. The van der Waals surface area contributed by atoms with Gasteiger partial charge in [0.15, 0.2) is 0 Å². The lowest BCUT2D eigenvalue weighted by molar-refractivity contribution is 0.264. The Morgan fingerprint density at radius 1 is 1.26 bits per heavy atom. The lowest BCUT2D eigenvalue weighted by atomic mass is 10.1. The van der Waals surface area contributed by atoms with Gasteiger partial charge in [0, 0.05) is 6.42 Å². The van der Waals surface area contributed by atoms with Crippen molar-refractivity contribution in [3.8, 4) is 0 Å². The number of aliphatic hydroxyl groups is 1. The van der Waals surface area contributed by atoms with Crippen molar-refractivity contribution in [1.82, 2.24) is 14.8 Å². The van der Waals surface area contributed by atoms with Crippen LogP contribution in [-0.4, -0.2) is 26.5 Å². The van der Waals surface area contributed by atoms with E-state index in [1.165, 1.54) is 0 Å². The molecule has 0 fully saturated rings. The highest BCUT2D eigenvalue weighted by molar-refractivity contribution is 5.24. The second-order valence-corrected chi connectivity index (χ2v) is 4.32. The van der Waals surface area contributed by atoms with Crippen LogP contribution in [0.5, 0.6) is 0 Å². The van der Waals surface area contributed by atoms with E-state index in [2.05, 4.69) is 10.1 Å². The van der Waals surface area contributed by atoms with Gasteiger partial charge in [-0.1, -0.05) is 29.8 Å². The van der Waals surface area contributed by atoms with E-state index in [-0.39, 0.29) is 18.8 Å². The predicted molar refractivity (Wildman–Crippen MR) is 70.2 cm³/mol. The van der Waals surface area contributed by atoms with E-state index >= 15 is 0 Å². The molecule has 100 valence electrons. The van der Waals surface area contributed by atoms with E-state index in [9.17, 15) is 9.59 Å². The Hall–Kier alpha value is -2.21. The first-order chi connectivity index (χ1) is 9.10. The standard InChI is InChI=1S/C13H15N3O3/c1-9-2-4-10(5-3-9)8-11-12(18)14-13(19)16(15-11)6-7-17/h2-5,17H,6-8H2,1H3,(H,14,18,19). The van der Waals surface area contributed by atoms with Crippen LogP contribution in [0.2, 0.25) is 0 Å². The molecule has 0 saturated heterocycles. The number of aromatic nitrogens is 3. The molecule has 0 spiro atoms. The van der Waals surface area contributed by atoms with Gasteiger partial charge in [-0.15, -0.1) is 0 Å². The third-order valence-corrected chi connectivity index (χ3v) is 2.76. The van der Waals surface area contributed by atoms with Crippen molar-refractivity contribution >= 4 is 0 Å². The first kappa shape index (κ1) is 13.2. The molecule has 0 saturated carbocycles. The zero-order valence-corrected chi connectivity index (χ0v) is 10.6. The molecule has 0 aliphatic rings. The molecule has 6 nitrogen and oxygen atoms in total. The van der Waals surface area contributed by atoms with E-state index in [1.54, 1.807) is 0 Å². The van der Waals surface area contributed by atoms with Crippen molar-refractivity contribution in [1.29, 1.82) is 0 Å². The molecule has 0 unspecified atom stereocenters. The van der Waals surface area contributed by atoms with Crippen molar-refractivity contribution < 1.29 is 5.11 Å². The second-order valence-electron chi connectivity index (χ2n) is 4.32. The van der Waals surface area contributed by atoms with Crippen molar-refractivity contribution in [3.05, 3.63) is 61.9 Å². The molecule has 0 atom stereocenters. The maximum absolute atomic E-state index is 11.7. The molecule has 0 amide bonds. The van der Waals surface area contributed by atoms with Gasteiger partial charge in [0.25, 0.3) is 5.56 Å². The van der Waals surface area contributed by atoms with Crippen molar-refractivity contribution in [2.75, 3.05) is 6.61 Å². The third-order valence-electron chi connectivity index (χ3n) is 2.76. The molecule has 0 aliphatic heterocycles. The number of nitrogens with one attached hydrogen (secondary N) is 1. The zero-order chi connectivity index (χ0) is 13.8. The summed E-state index contributed by atoms with van der Waals surface area (Å²) in [6.45, 7) is 1.84. The van der Waals surface area contributed by atoms with Crippen LogP contribution in [0.4, 0.5) is 0 Å². The molecule has 1 heterocycles. The molecule has 0 aliphatic carbocycles. The number of aryl methyl sites for hydroxylation is 1. The number of hydrogen-bond donors (Lipinski definition) is 2. The first-order valence-corrected chi connectivity index (χ1v) is 5.97. The Bertz CT molecular complexity index is 671. The minimum Gasteiger partial charge on any atom is -0.394 e. The number of H-pyrrole nitrogens is 1. The molecule has 0 bridgehead atoms. The van der Waals surface area contributed by atoms with Gasteiger partial charge in [0.05, 0.1) is 13.2 Å². The minimum absolute atomic E-state index is 0.0660. The Balaban J connectivity index is 2.34. The van der Waals surface area contributed by atoms with Gasteiger partial charge >= 0.3 is 5.69 Å². The Labute approximate surface area is 109 Å². The minimum atomic E-state index is -0.605. The van der Waals surface area contributed by atoms with Crippen molar-refractivity contribution in [2.24, 2.45) is 0 Å². The summed E-state index contributed by atoms with van der Waals surface area (Å²) in [5.74, 6) is 0. The SMILES string of the molecule is Cc1ccc(Cc2nn(CCO)c(=O)[nH]c2=O)cc1. The number of nitrogens with zero attached hydrogens (tertiary/aromatic N) is 2. The van der Waals surface area contributed by atoms with E-state index in [4.69, 9.17) is 5.11 Å². The van der Waals surface area contributed by atoms with Gasteiger partial charge in [0.1, 0.15) is 5.69 Å². The summed E-state index contributed by atoms with van der Waals surface area (Å²) in [6, 6.07) is 7.73. The highest BCUT2D eigenvalue weighted by atomic mass is 16.3. The quantitative estimate of drug-likeness (QED) is 0.799. The summed E-state index contributed by atoms with van der Waals surface area (Å²) in [6.07, 6.45) is 0.349. The summed E-state index contributed by atoms with van der Waals surface area (Å²) in [5.41, 5.74) is 1.25. The highest BCUT2D eigenvalue weighted by Crippen LogP contribution is 2.05. The van der Waals surface area contributed by atoms with Crippen LogP contribution in [0.1, 0.15) is 16.8 Å². The number of aromatic amines is 1. The van der Waals surface area contributed by atoms with Crippen LogP contribution in [0.3, 0.4) is 0 Å². The van der Waals surface area contributed by atoms with E-state index in [1.807, 2.05) is 31.2 Å². The summed E-state index contributed by atoms with van der Waals surface area (Å²) in [7, 11) is 0. The fourth-order valence-electron chi connectivity index (χ4n) is 1.73. The van der Waals surface area contributed by atoms with Crippen LogP contribution >= 0.6 is 0 Å². The summed E-state index contributed by atoms with van der Waals surface area (Å²) < 4.78 is 1.06. The highest BCUT2D eigenvalue weighted by Gasteiger charge is 2.07. The third kappa shape index (κ3) is 3.17. The van der Waals surface area contributed by atoms with Crippen LogP contribution in [0.15, 0.2) is 33.9 Å². The molecule has 1 aromatic carbocycles. The molecule has 0 radical (unpaired) electrons. The van der Waals surface area contributed by atoms with Crippen LogP contribution in [0, 0.1) is 6.92 Å². The molecule has 1 aromatic heterocycles.